The molecule has 3 heterocycles. The zero-order chi connectivity index (χ0) is 36.7. The third-order valence-electron chi connectivity index (χ3n) is 10.6. The Morgan fingerprint density at radius 2 is 1.18 bits per heavy atom. The smallest absolute Gasteiger partial charge is 0.394 e. The molecule has 2 saturated carbocycles. The third-order valence-corrected chi connectivity index (χ3v) is 11.1. The Bertz CT molecular complexity index is 1180. The van der Waals surface area contributed by atoms with Gasteiger partial charge in [-0.1, -0.05) is 0 Å². The maximum Gasteiger partial charge on any atom is 0.397 e. The first-order valence-electron chi connectivity index (χ1n) is 16.6. The van der Waals surface area contributed by atoms with Crippen LogP contribution in [0.15, 0.2) is 0 Å². The average Bonchev–Trinajstić information content (AvgIpc) is 3.07. The van der Waals surface area contributed by atoms with Crippen LogP contribution < -0.4 is 0 Å². The van der Waals surface area contributed by atoms with E-state index in [1.165, 1.54) is 14.2 Å². The van der Waals surface area contributed by atoms with Crippen LogP contribution >= 0.6 is 0 Å². The van der Waals surface area contributed by atoms with Gasteiger partial charge in [0.2, 0.25) is 0 Å². The van der Waals surface area contributed by atoms with Crippen LogP contribution in [0.5, 0.6) is 0 Å². The molecule has 0 bridgehead atoms. The van der Waals surface area contributed by atoms with Gasteiger partial charge in [0.05, 0.1) is 55.9 Å². The van der Waals surface area contributed by atoms with E-state index in [0.29, 0.717) is 0 Å². The monoisotopic (exact) mass is 750 g/mol. The number of aliphatic hydroxyl groups is 9. The predicted molar refractivity (Wildman–Crippen MR) is 160 cm³/mol. The summed E-state index contributed by atoms with van der Waals surface area (Å²) in [4.78, 5) is 0. The first-order valence-corrected chi connectivity index (χ1v) is 17.9. The lowest BCUT2D eigenvalue weighted by Gasteiger charge is -2.53. The van der Waals surface area contributed by atoms with Crippen LogP contribution in [0.4, 0.5) is 0 Å². The highest BCUT2D eigenvalue weighted by atomic mass is 32.3. The molecular formula is C29H50O20S. The average molecular weight is 751 g/mol. The van der Waals surface area contributed by atoms with Crippen LogP contribution in [0.3, 0.4) is 0 Å². The van der Waals surface area contributed by atoms with Gasteiger partial charge in [0.1, 0.15) is 48.8 Å². The highest BCUT2D eigenvalue weighted by Crippen LogP contribution is 2.45. The predicted octanol–water partition coefficient (Wildman–Crippen LogP) is -5.09. The summed E-state index contributed by atoms with van der Waals surface area (Å²) in [5.41, 5.74) is 0. The Morgan fingerprint density at radius 3 is 1.74 bits per heavy atom. The van der Waals surface area contributed by atoms with Crippen molar-refractivity contribution in [2.75, 3.05) is 27.4 Å². The van der Waals surface area contributed by atoms with Crippen molar-refractivity contribution >= 4 is 10.4 Å². The molecule has 2 aliphatic carbocycles. The van der Waals surface area contributed by atoms with Gasteiger partial charge in [0.15, 0.2) is 18.7 Å². The molecule has 0 aromatic carbocycles. The summed E-state index contributed by atoms with van der Waals surface area (Å²) in [5, 5.41) is 93.7. The SMILES string of the molecule is COC1CC(C2OC3CC(O)CC(OC4OC(CO)C(O)C(O)C4OS(=O)(=O)O)C3CC2OC2OC(CO)C(O)C(O)C2O)CC(OC)C1O. The van der Waals surface area contributed by atoms with Crippen LogP contribution in [0, 0.1) is 11.8 Å². The number of fused-ring (bicyclic) bond motifs is 1. The Labute approximate surface area is 288 Å². The van der Waals surface area contributed by atoms with E-state index in [4.69, 9.17) is 33.2 Å². The topological polar surface area (TPSA) is 310 Å². The fraction of sp³-hybridized carbons (Fsp3) is 1.00. The summed E-state index contributed by atoms with van der Waals surface area (Å²) in [6.07, 6.45) is -23.3. The Morgan fingerprint density at radius 1 is 0.620 bits per heavy atom. The number of rotatable bonds is 11. The molecule has 21 heteroatoms. The van der Waals surface area contributed by atoms with Crippen LogP contribution in [0.2, 0.25) is 0 Å². The van der Waals surface area contributed by atoms with Crippen LogP contribution in [-0.2, 0) is 47.7 Å². The molecule has 3 saturated heterocycles. The maximum atomic E-state index is 11.7. The van der Waals surface area contributed by atoms with Crippen molar-refractivity contribution in [1.29, 1.82) is 0 Å². The molecule has 292 valence electrons. The third kappa shape index (κ3) is 8.62. The van der Waals surface area contributed by atoms with Gasteiger partial charge < -0.3 is 79.1 Å². The summed E-state index contributed by atoms with van der Waals surface area (Å²) in [6, 6.07) is 0. The van der Waals surface area contributed by atoms with Gasteiger partial charge >= 0.3 is 10.4 Å². The van der Waals surface area contributed by atoms with E-state index in [0.717, 1.165) is 0 Å². The fourth-order valence-electron chi connectivity index (χ4n) is 7.96. The number of hydrogen-bond donors (Lipinski definition) is 10. The minimum absolute atomic E-state index is 0.0568. The molecule has 5 rings (SSSR count). The van der Waals surface area contributed by atoms with Crippen LogP contribution in [0.1, 0.15) is 32.1 Å². The molecule has 5 aliphatic rings. The van der Waals surface area contributed by atoms with Crippen LogP contribution in [-0.4, -0.2) is 197 Å². The quantitative estimate of drug-likeness (QED) is 0.0883. The van der Waals surface area contributed by atoms with Gasteiger partial charge in [0.25, 0.3) is 0 Å². The van der Waals surface area contributed by atoms with Gasteiger partial charge in [-0.2, -0.15) is 8.42 Å². The molecule has 18 atom stereocenters. The van der Waals surface area contributed by atoms with Gasteiger partial charge in [-0.15, -0.1) is 0 Å². The summed E-state index contributed by atoms with van der Waals surface area (Å²) in [5.74, 6) is -1.08. The zero-order valence-electron chi connectivity index (χ0n) is 27.5. The number of aliphatic hydroxyl groups excluding tert-OH is 9. The molecule has 50 heavy (non-hydrogen) atoms. The first-order chi connectivity index (χ1) is 23.6. The van der Waals surface area contributed by atoms with Crippen molar-refractivity contribution in [3.8, 4) is 0 Å². The normalized spacial score (nSPS) is 50.5. The minimum Gasteiger partial charge on any atom is -0.394 e. The summed E-state index contributed by atoms with van der Waals surface area (Å²) < 4.78 is 78.6. The lowest BCUT2D eigenvalue weighted by atomic mass is 9.72. The van der Waals surface area contributed by atoms with E-state index >= 15 is 0 Å². The van der Waals surface area contributed by atoms with E-state index in [-0.39, 0.29) is 32.1 Å². The second-order valence-electron chi connectivity index (χ2n) is 13.7. The molecule has 0 spiro atoms. The zero-order valence-corrected chi connectivity index (χ0v) is 28.3. The Hall–Kier alpha value is -0.770. The van der Waals surface area contributed by atoms with E-state index in [1.807, 2.05) is 0 Å². The van der Waals surface area contributed by atoms with E-state index in [2.05, 4.69) is 4.18 Å². The van der Waals surface area contributed by atoms with E-state index in [9.17, 15) is 58.9 Å². The first kappa shape index (κ1) is 40.4. The highest BCUT2D eigenvalue weighted by Gasteiger charge is 2.55. The van der Waals surface area contributed by atoms with Gasteiger partial charge in [-0.3, -0.25) is 4.55 Å². The second-order valence-corrected chi connectivity index (χ2v) is 14.7. The van der Waals surface area contributed by atoms with Crippen LogP contribution in [0.25, 0.3) is 0 Å². The molecule has 0 amide bonds. The molecule has 5 fully saturated rings. The molecular weight excluding hydrogens is 700 g/mol. The number of methoxy groups -OCH3 is 2. The largest absolute Gasteiger partial charge is 0.397 e. The van der Waals surface area contributed by atoms with Crippen molar-refractivity contribution in [3.05, 3.63) is 0 Å². The van der Waals surface area contributed by atoms with Crippen molar-refractivity contribution in [1.82, 2.24) is 0 Å². The summed E-state index contributed by atoms with van der Waals surface area (Å²) >= 11 is 0. The molecule has 0 aromatic rings. The van der Waals surface area contributed by atoms with E-state index < -0.39 is 146 Å². The van der Waals surface area contributed by atoms with Crippen molar-refractivity contribution < 1.29 is 96.3 Å². The number of ether oxygens (including phenoxy) is 7. The van der Waals surface area contributed by atoms with Gasteiger partial charge in [0, 0.05) is 26.6 Å². The van der Waals surface area contributed by atoms with Crippen molar-refractivity contribution in [2.45, 2.75) is 142 Å². The lowest BCUT2D eigenvalue weighted by molar-refractivity contribution is -0.344. The van der Waals surface area contributed by atoms with Crippen molar-refractivity contribution in [2.24, 2.45) is 11.8 Å². The highest BCUT2D eigenvalue weighted by molar-refractivity contribution is 7.80. The molecule has 0 aromatic heterocycles. The molecule has 18 unspecified atom stereocenters. The number of hydrogen-bond acceptors (Lipinski definition) is 19. The molecule has 20 nitrogen and oxygen atoms in total. The minimum atomic E-state index is -5.21. The maximum absolute atomic E-state index is 11.7. The molecule has 10 N–H and O–H groups in total. The Balaban J connectivity index is 1.45. The van der Waals surface area contributed by atoms with Crippen molar-refractivity contribution in [3.63, 3.8) is 0 Å². The summed E-state index contributed by atoms with van der Waals surface area (Å²) in [6.45, 7) is -1.51. The fourth-order valence-corrected chi connectivity index (χ4v) is 8.45. The van der Waals surface area contributed by atoms with Gasteiger partial charge in [-0.05, 0) is 31.6 Å². The summed E-state index contributed by atoms with van der Waals surface area (Å²) in [7, 11) is -2.34. The standard InChI is InChI=1S/C29H50O20S/c1-42-15-3-10(4-16(43-2)20(15)33)26-17(46-28-25(38)23(36)21(34)18(8-30)47-28)7-12-13(44-26)5-11(32)6-14(12)45-29-27(49-50(39,40)41)24(37)22(35)19(9-31)48-29/h10-38H,3-9H2,1-2H3,(H,39,40,41). The molecule has 3 aliphatic heterocycles. The molecule has 0 radical (unpaired) electrons. The van der Waals surface area contributed by atoms with Gasteiger partial charge in [-0.25, -0.2) is 4.18 Å². The van der Waals surface area contributed by atoms with E-state index in [1.54, 1.807) is 0 Å². The Kier molecular flexibility index (Phi) is 13.5. The lowest BCUT2D eigenvalue weighted by Crippen LogP contribution is -2.64. The second kappa shape index (κ2) is 16.7.